The highest BCUT2D eigenvalue weighted by Crippen LogP contribution is 2.43. The first-order chi connectivity index (χ1) is 10.4. The molecule has 0 amide bonds. The average molecular weight is 304 g/mol. The Bertz CT molecular complexity index is 528. The van der Waals surface area contributed by atoms with Gasteiger partial charge in [-0.1, -0.05) is 32.9 Å². The van der Waals surface area contributed by atoms with Crippen molar-refractivity contribution < 1.29 is 14.3 Å². The molecule has 2 unspecified atom stereocenters. The van der Waals surface area contributed by atoms with Crippen molar-refractivity contribution in [1.82, 2.24) is 0 Å². The predicted molar refractivity (Wildman–Crippen MR) is 88.2 cm³/mol. The smallest absolute Gasteiger partial charge is 0.308 e. The highest BCUT2D eigenvalue weighted by molar-refractivity contribution is 5.75. The molecule has 3 nitrogen and oxygen atoms in total. The first-order valence-electron chi connectivity index (χ1n) is 8.20. The fraction of sp³-hybridized carbons (Fsp3) is 0.632. The van der Waals surface area contributed by atoms with Crippen LogP contribution in [0, 0.1) is 11.8 Å². The number of hydrogen-bond acceptors (Lipinski definition) is 3. The first-order valence-corrected chi connectivity index (χ1v) is 8.20. The van der Waals surface area contributed by atoms with Crippen molar-refractivity contribution in [2.75, 3.05) is 13.7 Å². The van der Waals surface area contributed by atoms with Crippen LogP contribution in [0.5, 0.6) is 5.75 Å². The van der Waals surface area contributed by atoms with Crippen LogP contribution in [0.1, 0.15) is 51.7 Å². The molecule has 3 heteroatoms. The van der Waals surface area contributed by atoms with Crippen LogP contribution in [0.25, 0.3) is 0 Å². The number of methoxy groups -OCH3 is 1. The molecule has 0 aromatic heterocycles. The normalized spacial score (nSPS) is 20.6. The van der Waals surface area contributed by atoms with Gasteiger partial charge in [0, 0.05) is 0 Å². The molecule has 0 bridgehead atoms. The van der Waals surface area contributed by atoms with E-state index in [4.69, 9.17) is 9.47 Å². The summed E-state index contributed by atoms with van der Waals surface area (Å²) in [4.78, 5) is 11.5. The summed E-state index contributed by atoms with van der Waals surface area (Å²) in [5, 5.41) is 0. The van der Waals surface area contributed by atoms with Crippen molar-refractivity contribution >= 4 is 5.97 Å². The van der Waals surface area contributed by atoms with Crippen molar-refractivity contribution in [2.45, 2.75) is 52.4 Å². The zero-order valence-corrected chi connectivity index (χ0v) is 14.4. The largest absolute Gasteiger partial charge is 0.494 e. The van der Waals surface area contributed by atoms with Crippen LogP contribution in [0.3, 0.4) is 0 Å². The molecule has 0 aliphatic heterocycles. The maximum Gasteiger partial charge on any atom is 0.308 e. The number of hydrogen-bond donors (Lipinski definition) is 0. The topological polar surface area (TPSA) is 35.5 Å². The molecule has 0 saturated heterocycles. The molecule has 122 valence electrons. The van der Waals surface area contributed by atoms with Gasteiger partial charge in [-0.2, -0.15) is 0 Å². The molecule has 0 N–H and O–H groups in total. The van der Waals surface area contributed by atoms with E-state index >= 15 is 0 Å². The maximum absolute atomic E-state index is 11.5. The predicted octanol–water partition coefficient (Wildman–Crippen LogP) is 4.12. The van der Waals surface area contributed by atoms with E-state index in [-0.39, 0.29) is 17.3 Å². The average Bonchev–Trinajstić information content (AvgIpc) is 3.24. The number of carbonyl (C=O) groups is 1. The summed E-state index contributed by atoms with van der Waals surface area (Å²) in [7, 11) is 1.47. The quantitative estimate of drug-likeness (QED) is 0.741. The lowest BCUT2D eigenvalue weighted by molar-refractivity contribution is -0.142. The third-order valence-corrected chi connectivity index (χ3v) is 4.44. The van der Waals surface area contributed by atoms with Gasteiger partial charge in [0.25, 0.3) is 0 Å². The van der Waals surface area contributed by atoms with Crippen LogP contribution in [0.4, 0.5) is 0 Å². The zero-order chi connectivity index (χ0) is 16.3. The minimum absolute atomic E-state index is 0.0570. The van der Waals surface area contributed by atoms with Gasteiger partial charge in [0.15, 0.2) is 0 Å². The molecule has 1 aliphatic rings. The van der Waals surface area contributed by atoms with Gasteiger partial charge in [-0.3, -0.25) is 4.79 Å². The number of aryl methyl sites for hydroxylation is 1. The lowest BCUT2D eigenvalue weighted by Gasteiger charge is -2.21. The second kappa shape index (κ2) is 6.72. The van der Waals surface area contributed by atoms with E-state index in [0.717, 1.165) is 25.0 Å². The molecule has 22 heavy (non-hydrogen) atoms. The van der Waals surface area contributed by atoms with E-state index < -0.39 is 0 Å². The number of carbonyl (C=O) groups excluding carboxylic acids is 1. The number of ether oxygens (including phenoxy) is 2. The molecule has 1 aliphatic carbocycles. The molecule has 0 spiro atoms. The Hall–Kier alpha value is -1.51. The Morgan fingerprint density at radius 3 is 2.64 bits per heavy atom. The Kier molecular flexibility index (Phi) is 5.15. The molecule has 2 rings (SSSR count). The van der Waals surface area contributed by atoms with Gasteiger partial charge in [0.2, 0.25) is 0 Å². The van der Waals surface area contributed by atoms with Gasteiger partial charge in [-0.05, 0) is 54.7 Å². The SMILES string of the molecule is CCOc1ccc(C(C)(C)C)cc1CCC1CC1C(=O)OC. The standard InChI is InChI=1S/C19H28O3/c1-6-22-17-10-9-15(19(2,3)4)11-14(17)8-7-13-12-16(13)18(20)21-5/h9-11,13,16H,6-8,12H2,1-5H3. The second-order valence-electron chi connectivity index (χ2n) is 7.17. The van der Waals surface area contributed by atoms with Crippen molar-refractivity contribution in [3.8, 4) is 5.75 Å². The summed E-state index contributed by atoms with van der Waals surface area (Å²) in [5.74, 6) is 1.51. The van der Waals surface area contributed by atoms with Gasteiger partial charge in [-0.15, -0.1) is 0 Å². The third-order valence-electron chi connectivity index (χ3n) is 4.44. The molecule has 0 heterocycles. The monoisotopic (exact) mass is 304 g/mol. The van der Waals surface area contributed by atoms with Gasteiger partial charge in [0.05, 0.1) is 19.6 Å². The minimum Gasteiger partial charge on any atom is -0.494 e. The fourth-order valence-electron chi connectivity index (χ4n) is 2.89. The lowest BCUT2D eigenvalue weighted by Crippen LogP contribution is -2.12. The van der Waals surface area contributed by atoms with Crippen LogP contribution >= 0.6 is 0 Å². The lowest BCUT2D eigenvalue weighted by atomic mass is 9.85. The summed E-state index contributed by atoms with van der Waals surface area (Å²) >= 11 is 0. The molecule has 2 atom stereocenters. The fourth-order valence-corrected chi connectivity index (χ4v) is 2.89. The van der Waals surface area contributed by atoms with E-state index in [9.17, 15) is 4.79 Å². The molecular weight excluding hydrogens is 276 g/mol. The number of benzene rings is 1. The molecule has 1 fully saturated rings. The van der Waals surface area contributed by atoms with Crippen LogP contribution in [0.15, 0.2) is 18.2 Å². The van der Waals surface area contributed by atoms with Crippen molar-refractivity contribution in [3.63, 3.8) is 0 Å². The van der Waals surface area contributed by atoms with Crippen molar-refractivity contribution in [2.24, 2.45) is 11.8 Å². The molecule has 0 radical (unpaired) electrons. The van der Waals surface area contributed by atoms with Crippen LogP contribution in [-0.2, 0) is 21.4 Å². The Morgan fingerprint density at radius 1 is 1.32 bits per heavy atom. The number of esters is 1. The summed E-state index contributed by atoms with van der Waals surface area (Å²) in [6.07, 6.45) is 2.94. The summed E-state index contributed by atoms with van der Waals surface area (Å²) in [6.45, 7) is 9.35. The summed E-state index contributed by atoms with van der Waals surface area (Å²) in [5.41, 5.74) is 2.71. The molecule has 1 saturated carbocycles. The van der Waals surface area contributed by atoms with Gasteiger partial charge >= 0.3 is 5.97 Å². The van der Waals surface area contributed by atoms with Gasteiger partial charge in [0.1, 0.15) is 5.75 Å². The van der Waals surface area contributed by atoms with Gasteiger partial charge in [-0.25, -0.2) is 0 Å². The van der Waals surface area contributed by atoms with E-state index in [1.165, 1.54) is 18.2 Å². The molecular formula is C19H28O3. The van der Waals surface area contributed by atoms with E-state index in [0.29, 0.717) is 12.5 Å². The van der Waals surface area contributed by atoms with Crippen LogP contribution in [0.2, 0.25) is 0 Å². The van der Waals surface area contributed by atoms with Crippen molar-refractivity contribution in [3.05, 3.63) is 29.3 Å². The van der Waals surface area contributed by atoms with Crippen LogP contribution < -0.4 is 4.74 Å². The Morgan fingerprint density at radius 2 is 2.05 bits per heavy atom. The summed E-state index contributed by atoms with van der Waals surface area (Å²) in [6, 6.07) is 6.51. The maximum atomic E-state index is 11.5. The first kappa shape index (κ1) is 16.9. The highest BCUT2D eigenvalue weighted by atomic mass is 16.5. The number of rotatable bonds is 6. The minimum atomic E-state index is -0.0570. The third kappa shape index (κ3) is 4.02. The van der Waals surface area contributed by atoms with Crippen LogP contribution in [-0.4, -0.2) is 19.7 Å². The Balaban J connectivity index is 2.06. The van der Waals surface area contributed by atoms with E-state index in [2.05, 4.69) is 39.0 Å². The van der Waals surface area contributed by atoms with E-state index in [1.54, 1.807) is 0 Å². The Labute approximate surface area is 134 Å². The zero-order valence-electron chi connectivity index (χ0n) is 14.4. The second-order valence-corrected chi connectivity index (χ2v) is 7.17. The highest BCUT2D eigenvalue weighted by Gasteiger charge is 2.43. The van der Waals surface area contributed by atoms with Crippen molar-refractivity contribution in [1.29, 1.82) is 0 Å². The summed E-state index contributed by atoms with van der Waals surface area (Å²) < 4.78 is 10.6. The molecule has 1 aromatic carbocycles. The van der Waals surface area contributed by atoms with Gasteiger partial charge < -0.3 is 9.47 Å². The van der Waals surface area contributed by atoms with E-state index in [1.807, 2.05) is 6.92 Å². The molecule has 1 aromatic rings.